The predicted octanol–water partition coefficient (Wildman–Crippen LogP) is 2.40. The van der Waals surface area contributed by atoms with E-state index in [0.29, 0.717) is 34.2 Å². The van der Waals surface area contributed by atoms with Gasteiger partial charge in [0.15, 0.2) is 5.13 Å². The summed E-state index contributed by atoms with van der Waals surface area (Å²) in [5.74, 6) is 0.258. The summed E-state index contributed by atoms with van der Waals surface area (Å²) in [7, 11) is 1.71. The number of anilines is 2. The summed E-state index contributed by atoms with van der Waals surface area (Å²) in [6, 6.07) is 7.46. The number of nitrogens with one attached hydrogen (secondary N) is 2. The van der Waals surface area contributed by atoms with Crippen molar-refractivity contribution in [3.8, 4) is 10.9 Å². The van der Waals surface area contributed by atoms with Crippen LogP contribution in [-0.4, -0.2) is 70.5 Å². The molecule has 0 aliphatic carbocycles. The molecule has 38 heavy (non-hydrogen) atoms. The molecule has 1 amide bonds. The van der Waals surface area contributed by atoms with Gasteiger partial charge in [-0.2, -0.15) is 0 Å². The van der Waals surface area contributed by atoms with Crippen molar-refractivity contribution in [1.82, 2.24) is 24.4 Å². The van der Waals surface area contributed by atoms with Crippen LogP contribution in [0, 0.1) is 0 Å². The fourth-order valence-corrected chi connectivity index (χ4v) is 5.77. The molecular formula is C26H29N7O4S. The molecule has 0 bridgehead atoms. The number of thiazole rings is 1. The molecule has 0 radical (unpaired) electrons. The summed E-state index contributed by atoms with van der Waals surface area (Å²) < 4.78 is 14.8. The van der Waals surface area contributed by atoms with Crippen LogP contribution in [-0.2, 0) is 11.8 Å². The summed E-state index contributed by atoms with van der Waals surface area (Å²) in [6.07, 6.45) is 5.44. The number of aromatic nitrogens is 4. The first kappa shape index (κ1) is 24.6. The number of imidazole rings is 1. The van der Waals surface area contributed by atoms with Crippen LogP contribution in [0.4, 0.5) is 11.4 Å². The molecule has 4 aromatic rings. The molecule has 2 N–H and O–H groups in total. The fraction of sp³-hybridized carbons (Fsp3) is 0.385. The van der Waals surface area contributed by atoms with E-state index in [1.165, 1.54) is 15.9 Å². The zero-order valence-corrected chi connectivity index (χ0v) is 21.9. The van der Waals surface area contributed by atoms with E-state index in [9.17, 15) is 9.59 Å². The molecule has 1 aromatic carbocycles. The first-order chi connectivity index (χ1) is 18.6. The molecule has 1 atom stereocenters. The van der Waals surface area contributed by atoms with Crippen LogP contribution in [0.2, 0.25) is 0 Å². The predicted molar refractivity (Wildman–Crippen MR) is 146 cm³/mol. The van der Waals surface area contributed by atoms with Crippen LogP contribution in [0.25, 0.3) is 16.2 Å². The number of piperazine rings is 1. The van der Waals surface area contributed by atoms with Crippen molar-refractivity contribution in [2.45, 2.75) is 18.9 Å². The number of ether oxygens (including phenoxy) is 2. The Morgan fingerprint density at radius 2 is 2.16 bits per heavy atom. The van der Waals surface area contributed by atoms with Crippen LogP contribution in [0.15, 0.2) is 46.8 Å². The van der Waals surface area contributed by atoms with E-state index in [2.05, 4.69) is 25.5 Å². The topological polar surface area (TPSA) is 116 Å². The fourth-order valence-electron chi connectivity index (χ4n) is 4.96. The number of amides is 1. The van der Waals surface area contributed by atoms with Gasteiger partial charge in [0.05, 0.1) is 29.2 Å². The Bertz CT molecular complexity index is 1520. The minimum atomic E-state index is -0.356. The second-order valence-electron chi connectivity index (χ2n) is 9.35. The van der Waals surface area contributed by atoms with Gasteiger partial charge in [0.2, 0.25) is 0 Å². The molecule has 0 spiro atoms. The molecule has 6 rings (SSSR count). The van der Waals surface area contributed by atoms with Crippen LogP contribution in [0.3, 0.4) is 0 Å². The third kappa shape index (κ3) is 4.66. The molecule has 2 saturated heterocycles. The van der Waals surface area contributed by atoms with Crippen LogP contribution < -0.4 is 26.0 Å². The normalized spacial score (nSPS) is 17.7. The van der Waals surface area contributed by atoms with Crippen molar-refractivity contribution in [3.05, 3.63) is 58.2 Å². The highest BCUT2D eigenvalue weighted by atomic mass is 32.1. The Labute approximate surface area is 223 Å². The zero-order valence-electron chi connectivity index (χ0n) is 21.1. The van der Waals surface area contributed by atoms with Gasteiger partial charge in [-0.25, -0.2) is 14.3 Å². The molecule has 11 nitrogen and oxygen atoms in total. The Morgan fingerprint density at radius 1 is 1.29 bits per heavy atom. The smallest absolute Gasteiger partial charge is 0.335 e. The van der Waals surface area contributed by atoms with E-state index in [-0.39, 0.29) is 23.4 Å². The van der Waals surface area contributed by atoms with E-state index < -0.39 is 0 Å². The Balaban J connectivity index is 1.26. The molecular weight excluding hydrogens is 506 g/mol. The van der Waals surface area contributed by atoms with Gasteiger partial charge < -0.3 is 25.0 Å². The van der Waals surface area contributed by atoms with Gasteiger partial charge in [-0.1, -0.05) is 6.07 Å². The average Bonchev–Trinajstić information content (AvgIpc) is 3.70. The number of para-hydroxylation sites is 1. The summed E-state index contributed by atoms with van der Waals surface area (Å²) >= 11 is 1.24. The van der Waals surface area contributed by atoms with Crippen molar-refractivity contribution in [2.75, 3.05) is 49.6 Å². The number of carbonyl (C=O) groups excluding carboxylic acids is 1. The third-order valence-electron chi connectivity index (χ3n) is 6.90. The van der Waals surface area contributed by atoms with Gasteiger partial charge in [-0.3, -0.25) is 14.3 Å². The van der Waals surface area contributed by atoms with Gasteiger partial charge in [0.25, 0.3) is 5.91 Å². The average molecular weight is 536 g/mol. The molecule has 198 valence electrons. The van der Waals surface area contributed by atoms with E-state index in [1.54, 1.807) is 29.4 Å². The highest BCUT2D eigenvalue weighted by Gasteiger charge is 2.22. The van der Waals surface area contributed by atoms with Crippen LogP contribution >= 0.6 is 11.3 Å². The van der Waals surface area contributed by atoms with Crippen molar-refractivity contribution in [3.63, 3.8) is 0 Å². The van der Waals surface area contributed by atoms with Crippen molar-refractivity contribution < 1.29 is 14.3 Å². The van der Waals surface area contributed by atoms with Crippen molar-refractivity contribution in [1.29, 1.82) is 0 Å². The summed E-state index contributed by atoms with van der Waals surface area (Å²) in [5, 5.41) is 8.36. The molecule has 2 fully saturated rings. The largest absolute Gasteiger partial charge is 0.489 e. The molecule has 2 aliphatic heterocycles. The van der Waals surface area contributed by atoms with Gasteiger partial charge in [-0.05, 0) is 31.0 Å². The number of aryl methyl sites for hydroxylation is 1. The SMILES string of the molecule is Cn1c(=O)n(-c2nc(C(=O)Nc3cnccc3N3CCNCC3)cs2)c2cccc(OCC3CCCO3)c21. The molecule has 0 saturated carbocycles. The van der Waals surface area contributed by atoms with Gasteiger partial charge in [0.1, 0.15) is 23.6 Å². The van der Waals surface area contributed by atoms with E-state index in [1.807, 2.05) is 24.3 Å². The first-order valence-electron chi connectivity index (χ1n) is 12.7. The lowest BCUT2D eigenvalue weighted by Gasteiger charge is -2.30. The monoisotopic (exact) mass is 535 g/mol. The summed E-state index contributed by atoms with van der Waals surface area (Å²) in [4.78, 5) is 37.4. The number of fused-ring (bicyclic) bond motifs is 1. The van der Waals surface area contributed by atoms with Gasteiger partial charge in [-0.15, -0.1) is 11.3 Å². The lowest BCUT2D eigenvalue weighted by molar-refractivity contribution is 0.0684. The quantitative estimate of drug-likeness (QED) is 0.371. The zero-order chi connectivity index (χ0) is 26.1. The molecule has 12 heteroatoms. The Hall–Kier alpha value is -3.74. The summed E-state index contributed by atoms with van der Waals surface area (Å²) in [6.45, 7) is 4.64. The second-order valence-corrected chi connectivity index (χ2v) is 10.2. The maximum atomic E-state index is 13.3. The highest BCUT2D eigenvalue weighted by Crippen LogP contribution is 2.29. The number of hydrogen-bond donors (Lipinski definition) is 2. The van der Waals surface area contributed by atoms with Crippen molar-refractivity contribution in [2.24, 2.45) is 7.05 Å². The molecule has 5 heterocycles. The molecule has 2 aliphatic rings. The minimum absolute atomic E-state index is 0.0660. The maximum absolute atomic E-state index is 13.3. The summed E-state index contributed by atoms with van der Waals surface area (Å²) in [5.41, 5.74) is 2.86. The van der Waals surface area contributed by atoms with E-state index >= 15 is 0 Å². The number of rotatable bonds is 7. The first-order valence-corrected chi connectivity index (χ1v) is 13.6. The molecule has 3 aromatic heterocycles. The van der Waals surface area contributed by atoms with Gasteiger partial charge >= 0.3 is 5.69 Å². The second kappa shape index (κ2) is 10.6. The Kier molecular flexibility index (Phi) is 6.83. The lowest BCUT2D eigenvalue weighted by atomic mass is 10.2. The number of carbonyl (C=O) groups is 1. The standard InChI is InChI=1S/C26H29N7O4S/c1-31-23-21(5-2-6-22(23)37-15-17-4-3-13-36-17)33(26(31)35)25-30-19(16-38-25)24(34)29-18-14-28-8-7-20(18)32-11-9-27-10-12-32/h2,5-8,14,16-17,27H,3-4,9-13,15H2,1H3,(H,29,34). The van der Waals surface area contributed by atoms with Crippen LogP contribution in [0.5, 0.6) is 5.75 Å². The number of pyridine rings is 1. The van der Waals surface area contributed by atoms with Crippen molar-refractivity contribution >= 4 is 39.7 Å². The van der Waals surface area contributed by atoms with Crippen LogP contribution in [0.1, 0.15) is 23.3 Å². The number of benzene rings is 1. The molecule has 1 unspecified atom stereocenters. The third-order valence-corrected chi connectivity index (χ3v) is 7.73. The lowest BCUT2D eigenvalue weighted by Crippen LogP contribution is -2.43. The minimum Gasteiger partial charge on any atom is -0.489 e. The Morgan fingerprint density at radius 3 is 2.97 bits per heavy atom. The van der Waals surface area contributed by atoms with Gasteiger partial charge in [0, 0.05) is 51.4 Å². The van der Waals surface area contributed by atoms with E-state index in [0.717, 1.165) is 51.3 Å². The highest BCUT2D eigenvalue weighted by molar-refractivity contribution is 7.12. The van der Waals surface area contributed by atoms with E-state index in [4.69, 9.17) is 9.47 Å². The number of nitrogens with zero attached hydrogens (tertiary/aromatic N) is 5. The number of hydrogen-bond acceptors (Lipinski definition) is 9. The maximum Gasteiger partial charge on any atom is 0.335 e.